The normalized spacial score (nSPS) is 11.2. The lowest BCUT2D eigenvalue weighted by Gasteiger charge is -2.13. The minimum absolute atomic E-state index is 0.103. The second kappa shape index (κ2) is 7.63. The quantitative estimate of drug-likeness (QED) is 0.706. The largest absolute Gasteiger partial charge is 0.573 e. The molecule has 146 valence electrons. The summed E-state index contributed by atoms with van der Waals surface area (Å²) in [7, 11) is 3.10. The molecule has 9 heteroatoms. The molecule has 1 N–H and O–H groups in total. The zero-order valence-electron chi connectivity index (χ0n) is 14.9. The fourth-order valence-corrected chi connectivity index (χ4v) is 2.57. The van der Waals surface area contributed by atoms with E-state index < -0.39 is 18.0 Å². The fraction of sp³-hybridized carbons (Fsp3) is 0.158. The number of hydrogen-bond donors (Lipinski definition) is 1. The highest BCUT2D eigenvalue weighted by Crippen LogP contribution is 2.30. The van der Waals surface area contributed by atoms with Crippen LogP contribution in [0.15, 0.2) is 54.6 Å². The monoisotopic (exact) mass is 391 g/mol. The van der Waals surface area contributed by atoms with Crippen LogP contribution in [-0.4, -0.2) is 29.2 Å². The van der Waals surface area contributed by atoms with Crippen LogP contribution in [0.25, 0.3) is 11.3 Å². The number of para-hydroxylation sites is 2. The highest BCUT2D eigenvalue weighted by molar-refractivity contribution is 6.04. The Morgan fingerprint density at radius 3 is 2.57 bits per heavy atom. The Hall–Kier alpha value is -3.49. The predicted octanol–water partition coefficient (Wildman–Crippen LogP) is 4.25. The number of ether oxygens (including phenoxy) is 2. The van der Waals surface area contributed by atoms with Crippen LogP contribution < -0.4 is 14.8 Å². The lowest BCUT2D eigenvalue weighted by Crippen LogP contribution is -2.20. The number of nitrogens with one attached hydrogen (secondary N) is 1. The molecule has 0 aliphatic rings. The molecule has 0 radical (unpaired) electrons. The van der Waals surface area contributed by atoms with Crippen molar-refractivity contribution in [2.75, 3.05) is 12.4 Å². The van der Waals surface area contributed by atoms with Gasteiger partial charge in [0.1, 0.15) is 11.4 Å². The van der Waals surface area contributed by atoms with Crippen LogP contribution >= 0.6 is 0 Å². The van der Waals surface area contributed by atoms with Crippen molar-refractivity contribution < 1.29 is 27.4 Å². The molecule has 3 rings (SSSR count). The number of aromatic nitrogens is 2. The number of methoxy groups -OCH3 is 1. The van der Waals surface area contributed by atoms with Crippen LogP contribution in [-0.2, 0) is 7.05 Å². The first-order valence-electron chi connectivity index (χ1n) is 8.11. The molecule has 0 saturated carbocycles. The van der Waals surface area contributed by atoms with Gasteiger partial charge in [0.05, 0.1) is 18.5 Å². The predicted molar refractivity (Wildman–Crippen MR) is 96.3 cm³/mol. The summed E-state index contributed by atoms with van der Waals surface area (Å²) in [5.74, 6) is -0.492. The standard InChI is InChI=1S/C19H16F3N3O3/c1-25-16(11-15(24-25)12-6-5-7-13(10-12)27-2)18(26)23-14-8-3-4-9-17(14)28-19(20,21)22/h3-11H,1-2H3,(H,23,26). The Morgan fingerprint density at radius 1 is 1.11 bits per heavy atom. The van der Waals surface area contributed by atoms with Crippen molar-refractivity contribution >= 4 is 11.6 Å². The summed E-state index contributed by atoms with van der Waals surface area (Å²) >= 11 is 0. The van der Waals surface area contributed by atoms with Crippen molar-refractivity contribution in [2.24, 2.45) is 7.05 Å². The van der Waals surface area contributed by atoms with E-state index in [-0.39, 0.29) is 11.4 Å². The van der Waals surface area contributed by atoms with Gasteiger partial charge in [-0.1, -0.05) is 24.3 Å². The number of carbonyl (C=O) groups is 1. The molecular formula is C19H16F3N3O3. The van der Waals surface area contributed by atoms with Crippen LogP contribution in [0.1, 0.15) is 10.5 Å². The number of halogens is 3. The number of alkyl halides is 3. The molecular weight excluding hydrogens is 375 g/mol. The van der Waals surface area contributed by atoms with Crippen molar-refractivity contribution in [1.29, 1.82) is 0 Å². The van der Waals surface area contributed by atoms with Gasteiger partial charge >= 0.3 is 6.36 Å². The van der Waals surface area contributed by atoms with Gasteiger partial charge in [-0.15, -0.1) is 13.2 Å². The maximum absolute atomic E-state index is 12.6. The van der Waals surface area contributed by atoms with Crippen LogP contribution in [0.4, 0.5) is 18.9 Å². The first kappa shape index (κ1) is 19.3. The van der Waals surface area contributed by atoms with Gasteiger partial charge in [0.25, 0.3) is 5.91 Å². The van der Waals surface area contributed by atoms with Gasteiger partial charge in [0.2, 0.25) is 0 Å². The summed E-state index contributed by atoms with van der Waals surface area (Å²) in [6.07, 6.45) is -4.87. The first-order chi connectivity index (χ1) is 13.3. The summed E-state index contributed by atoms with van der Waals surface area (Å²) in [6.45, 7) is 0. The van der Waals surface area contributed by atoms with Gasteiger partial charge in [-0.3, -0.25) is 9.48 Å². The van der Waals surface area contributed by atoms with E-state index in [9.17, 15) is 18.0 Å². The molecule has 3 aromatic rings. The van der Waals surface area contributed by atoms with Crippen LogP contribution in [0, 0.1) is 0 Å². The summed E-state index contributed by atoms with van der Waals surface area (Å²) in [4.78, 5) is 12.6. The minimum Gasteiger partial charge on any atom is -0.497 e. The van der Waals surface area contributed by atoms with E-state index in [4.69, 9.17) is 4.74 Å². The SMILES string of the molecule is COc1cccc(-c2cc(C(=O)Nc3ccccc3OC(F)(F)F)n(C)n2)c1. The molecule has 0 unspecified atom stereocenters. The minimum atomic E-state index is -4.87. The third-order valence-electron chi connectivity index (χ3n) is 3.84. The van der Waals surface area contributed by atoms with Crippen LogP contribution in [0.5, 0.6) is 11.5 Å². The van der Waals surface area contributed by atoms with Crippen molar-refractivity contribution in [2.45, 2.75) is 6.36 Å². The average molecular weight is 391 g/mol. The molecule has 0 spiro atoms. The maximum Gasteiger partial charge on any atom is 0.573 e. The Labute approximate surface area is 158 Å². The van der Waals surface area contributed by atoms with Gasteiger partial charge < -0.3 is 14.8 Å². The van der Waals surface area contributed by atoms with E-state index in [1.54, 1.807) is 31.3 Å². The van der Waals surface area contributed by atoms with Crippen molar-refractivity contribution in [3.05, 3.63) is 60.3 Å². The topological polar surface area (TPSA) is 65.4 Å². The molecule has 1 amide bonds. The van der Waals surface area contributed by atoms with E-state index in [2.05, 4.69) is 15.2 Å². The molecule has 2 aromatic carbocycles. The summed E-state index contributed by atoms with van der Waals surface area (Å²) in [5.41, 5.74) is 1.31. The Morgan fingerprint density at radius 2 is 1.86 bits per heavy atom. The molecule has 0 aliphatic carbocycles. The smallest absolute Gasteiger partial charge is 0.497 e. The number of aryl methyl sites for hydroxylation is 1. The molecule has 0 aliphatic heterocycles. The second-order valence-electron chi connectivity index (χ2n) is 5.77. The Bertz CT molecular complexity index is 999. The third-order valence-corrected chi connectivity index (χ3v) is 3.84. The van der Waals surface area contributed by atoms with Crippen molar-refractivity contribution in [1.82, 2.24) is 9.78 Å². The highest BCUT2D eigenvalue weighted by Gasteiger charge is 2.32. The number of amides is 1. The molecule has 6 nitrogen and oxygen atoms in total. The zero-order valence-corrected chi connectivity index (χ0v) is 14.9. The molecule has 1 heterocycles. The molecule has 0 saturated heterocycles. The lowest BCUT2D eigenvalue weighted by molar-refractivity contribution is -0.274. The van der Waals surface area contributed by atoms with E-state index in [0.29, 0.717) is 11.4 Å². The van der Waals surface area contributed by atoms with E-state index >= 15 is 0 Å². The van der Waals surface area contributed by atoms with Gasteiger partial charge in [-0.2, -0.15) is 5.10 Å². The summed E-state index contributed by atoms with van der Waals surface area (Å²) < 4.78 is 48.1. The highest BCUT2D eigenvalue weighted by atomic mass is 19.4. The molecule has 0 bridgehead atoms. The lowest BCUT2D eigenvalue weighted by atomic mass is 10.1. The van der Waals surface area contributed by atoms with E-state index in [1.165, 1.54) is 36.1 Å². The van der Waals surface area contributed by atoms with Gasteiger partial charge in [0.15, 0.2) is 5.75 Å². The van der Waals surface area contributed by atoms with Crippen molar-refractivity contribution in [3.8, 4) is 22.8 Å². The number of anilines is 1. The molecule has 0 fully saturated rings. The van der Waals surface area contributed by atoms with Crippen LogP contribution in [0.3, 0.4) is 0 Å². The van der Waals surface area contributed by atoms with Crippen LogP contribution in [0.2, 0.25) is 0 Å². The van der Waals surface area contributed by atoms with Gasteiger partial charge in [-0.25, -0.2) is 0 Å². The first-order valence-corrected chi connectivity index (χ1v) is 8.11. The Kier molecular flexibility index (Phi) is 5.25. The molecule has 28 heavy (non-hydrogen) atoms. The van der Waals surface area contributed by atoms with E-state index in [1.807, 2.05) is 0 Å². The third kappa shape index (κ3) is 4.43. The number of benzene rings is 2. The average Bonchev–Trinajstić information content (AvgIpc) is 3.04. The number of nitrogens with zero attached hydrogens (tertiary/aromatic N) is 2. The van der Waals surface area contributed by atoms with Gasteiger partial charge in [0, 0.05) is 12.6 Å². The number of rotatable bonds is 5. The molecule has 0 atom stereocenters. The van der Waals surface area contributed by atoms with E-state index in [0.717, 1.165) is 11.6 Å². The van der Waals surface area contributed by atoms with Crippen molar-refractivity contribution in [3.63, 3.8) is 0 Å². The second-order valence-corrected chi connectivity index (χ2v) is 5.77. The maximum atomic E-state index is 12.6. The fourth-order valence-electron chi connectivity index (χ4n) is 2.57. The molecule has 1 aromatic heterocycles. The Balaban J connectivity index is 1.86. The number of carbonyl (C=O) groups excluding carboxylic acids is 1. The number of hydrogen-bond acceptors (Lipinski definition) is 4. The summed E-state index contributed by atoms with van der Waals surface area (Å²) in [5, 5.41) is 6.72. The summed E-state index contributed by atoms with van der Waals surface area (Å²) in [6, 6.07) is 14.0. The van der Waals surface area contributed by atoms with Gasteiger partial charge in [-0.05, 0) is 30.3 Å². The zero-order chi connectivity index (χ0) is 20.3.